The van der Waals surface area contributed by atoms with Crippen molar-refractivity contribution in [1.82, 2.24) is 4.57 Å². The minimum absolute atomic E-state index is 0.268. The molecule has 0 aromatic carbocycles. The summed E-state index contributed by atoms with van der Waals surface area (Å²) in [4.78, 5) is 23.4. The third-order valence-corrected chi connectivity index (χ3v) is 5.77. The first kappa shape index (κ1) is 28.2. The van der Waals surface area contributed by atoms with E-state index in [4.69, 9.17) is 9.47 Å². The molecule has 0 fully saturated rings. The van der Waals surface area contributed by atoms with Crippen LogP contribution in [0.3, 0.4) is 0 Å². The fourth-order valence-electron chi connectivity index (χ4n) is 3.79. The summed E-state index contributed by atoms with van der Waals surface area (Å²) in [5.74, 6) is -0.805. The van der Waals surface area contributed by atoms with Gasteiger partial charge in [0.15, 0.2) is 6.61 Å². The molecular formula is C26H47N2O4+. The number of aryl methyl sites for hydroxylation is 1. The van der Waals surface area contributed by atoms with Crippen LogP contribution < -0.4 is 4.57 Å². The van der Waals surface area contributed by atoms with Crippen molar-refractivity contribution in [3.05, 3.63) is 18.7 Å². The first-order chi connectivity index (χ1) is 15.6. The van der Waals surface area contributed by atoms with Crippen LogP contribution >= 0.6 is 0 Å². The van der Waals surface area contributed by atoms with Crippen LogP contribution in [0.15, 0.2) is 18.7 Å². The van der Waals surface area contributed by atoms with E-state index >= 15 is 0 Å². The number of carbonyl (C=O) groups is 2. The van der Waals surface area contributed by atoms with Crippen LogP contribution in [-0.2, 0) is 32.7 Å². The van der Waals surface area contributed by atoms with Crippen molar-refractivity contribution in [3.8, 4) is 0 Å². The monoisotopic (exact) mass is 451 g/mol. The van der Waals surface area contributed by atoms with Gasteiger partial charge in [0.05, 0.1) is 7.05 Å². The Balaban J connectivity index is 1.81. The van der Waals surface area contributed by atoms with Crippen molar-refractivity contribution in [2.45, 2.75) is 116 Å². The molecule has 6 nitrogen and oxygen atoms in total. The van der Waals surface area contributed by atoms with Gasteiger partial charge in [0.1, 0.15) is 25.5 Å². The Kier molecular flexibility index (Phi) is 17.4. The highest BCUT2D eigenvalue weighted by Crippen LogP contribution is 2.13. The number of hydrogen-bond donors (Lipinski definition) is 0. The topological polar surface area (TPSA) is 61.4 Å². The largest absolute Gasteiger partial charge is 0.459 e. The molecule has 184 valence electrons. The van der Waals surface area contributed by atoms with Crippen LogP contribution in [0.2, 0.25) is 0 Å². The summed E-state index contributed by atoms with van der Waals surface area (Å²) >= 11 is 0. The molecule has 0 radical (unpaired) electrons. The van der Waals surface area contributed by atoms with Gasteiger partial charge in [-0.1, -0.05) is 96.8 Å². The first-order valence-electron chi connectivity index (χ1n) is 12.9. The van der Waals surface area contributed by atoms with Gasteiger partial charge in [0, 0.05) is 6.42 Å². The van der Waals surface area contributed by atoms with E-state index in [1.807, 2.05) is 34.9 Å². The van der Waals surface area contributed by atoms with Gasteiger partial charge in [-0.15, -0.1) is 0 Å². The minimum Gasteiger partial charge on any atom is -0.459 e. The number of unbranched alkanes of at least 4 members (excludes halogenated alkanes) is 14. The van der Waals surface area contributed by atoms with Gasteiger partial charge in [-0.2, -0.15) is 0 Å². The minimum atomic E-state index is -0.494. The second-order valence-electron chi connectivity index (χ2n) is 8.90. The third kappa shape index (κ3) is 16.8. The summed E-state index contributed by atoms with van der Waals surface area (Å²) in [6.07, 6.45) is 25.6. The number of aromatic nitrogens is 2. The van der Waals surface area contributed by atoms with E-state index in [9.17, 15) is 9.59 Å². The molecule has 0 unspecified atom stereocenters. The Morgan fingerprint density at radius 2 is 1.28 bits per heavy atom. The number of carbonyl (C=O) groups excluding carboxylic acids is 2. The SMILES string of the molecule is CCCCCCCCCCCCCCCCCC(=O)OCC(=O)OCCn1cc[n+](C)c1. The van der Waals surface area contributed by atoms with Gasteiger partial charge in [-0.05, 0) is 6.42 Å². The van der Waals surface area contributed by atoms with Crippen LogP contribution in [0.1, 0.15) is 110 Å². The number of rotatable bonds is 21. The second-order valence-corrected chi connectivity index (χ2v) is 8.90. The number of esters is 2. The molecule has 1 heterocycles. The summed E-state index contributed by atoms with van der Waals surface area (Å²) < 4.78 is 13.9. The molecule has 6 heteroatoms. The maximum absolute atomic E-state index is 11.7. The van der Waals surface area contributed by atoms with Crippen molar-refractivity contribution < 1.29 is 23.6 Å². The Bertz CT molecular complexity index is 600. The van der Waals surface area contributed by atoms with E-state index in [1.54, 1.807) is 0 Å². The Morgan fingerprint density at radius 1 is 0.750 bits per heavy atom. The lowest BCUT2D eigenvalue weighted by molar-refractivity contribution is -0.671. The van der Waals surface area contributed by atoms with Gasteiger partial charge in [-0.25, -0.2) is 13.9 Å². The van der Waals surface area contributed by atoms with Crippen molar-refractivity contribution >= 4 is 11.9 Å². The number of imidazole rings is 1. The molecule has 1 aromatic rings. The van der Waals surface area contributed by atoms with Gasteiger partial charge < -0.3 is 9.47 Å². The van der Waals surface area contributed by atoms with E-state index in [-0.39, 0.29) is 19.2 Å². The predicted molar refractivity (Wildman–Crippen MR) is 127 cm³/mol. The average Bonchev–Trinajstić information content (AvgIpc) is 3.20. The fraction of sp³-hybridized carbons (Fsp3) is 0.808. The highest BCUT2D eigenvalue weighted by molar-refractivity contribution is 5.76. The van der Waals surface area contributed by atoms with E-state index in [0.717, 1.165) is 12.8 Å². The third-order valence-electron chi connectivity index (χ3n) is 5.77. The van der Waals surface area contributed by atoms with Gasteiger partial charge in [-0.3, -0.25) is 4.79 Å². The Morgan fingerprint density at radius 3 is 1.78 bits per heavy atom. The Labute approximate surface area is 195 Å². The molecule has 0 aliphatic heterocycles. The molecule has 0 atom stereocenters. The molecule has 1 rings (SSSR count). The first-order valence-corrected chi connectivity index (χ1v) is 12.9. The lowest BCUT2D eigenvalue weighted by Gasteiger charge is -2.06. The number of hydrogen-bond acceptors (Lipinski definition) is 4. The quantitative estimate of drug-likeness (QED) is 0.137. The van der Waals surface area contributed by atoms with Crippen molar-refractivity contribution in [1.29, 1.82) is 0 Å². The normalized spacial score (nSPS) is 10.9. The summed E-state index contributed by atoms with van der Waals surface area (Å²) in [6.45, 7) is 2.82. The van der Waals surface area contributed by atoms with Crippen molar-refractivity contribution in [3.63, 3.8) is 0 Å². The van der Waals surface area contributed by atoms with E-state index in [1.165, 1.54) is 83.5 Å². The van der Waals surface area contributed by atoms with Crippen LogP contribution in [0.25, 0.3) is 0 Å². The molecule has 0 spiro atoms. The van der Waals surface area contributed by atoms with Crippen LogP contribution in [-0.4, -0.2) is 29.7 Å². The Hall–Kier alpha value is -1.85. The maximum atomic E-state index is 11.7. The predicted octanol–water partition coefficient (Wildman–Crippen LogP) is 5.66. The van der Waals surface area contributed by atoms with E-state index < -0.39 is 5.97 Å². The zero-order valence-corrected chi connectivity index (χ0v) is 20.7. The molecule has 0 aliphatic rings. The average molecular weight is 452 g/mol. The highest BCUT2D eigenvalue weighted by atomic mass is 16.6. The summed E-state index contributed by atoms with van der Waals surface area (Å²) in [6, 6.07) is 0. The molecule has 0 saturated carbocycles. The molecule has 32 heavy (non-hydrogen) atoms. The maximum Gasteiger partial charge on any atom is 0.344 e. The smallest absolute Gasteiger partial charge is 0.344 e. The van der Waals surface area contributed by atoms with E-state index in [0.29, 0.717) is 13.0 Å². The van der Waals surface area contributed by atoms with Crippen LogP contribution in [0, 0.1) is 0 Å². The second kappa shape index (κ2) is 19.8. The standard InChI is InChI=1S/C26H47N2O4/c1-3-4-5-6-7-8-9-10-11-12-13-14-15-16-17-18-25(29)32-23-26(30)31-22-21-28-20-19-27(2)24-28/h19-20,24H,3-18,21-23H2,1-2H3/q+1. The van der Waals surface area contributed by atoms with Crippen molar-refractivity contribution in [2.24, 2.45) is 7.05 Å². The van der Waals surface area contributed by atoms with E-state index in [2.05, 4.69) is 6.92 Å². The molecular weight excluding hydrogens is 404 g/mol. The summed E-state index contributed by atoms with van der Waals surface area (Å²) in [7, 11) is 1.93. The molecule has 0 saturated heterocycles. The molecule has 0 N–H and O–H groups in total. The fourth-order valence-corrected chi connectivity index (χ4v) is 3.79. The molecule has 1 aromatic heterocycles. The number of ether oxygens (including phenoxy) is 2. The summed E-state index contributed by atoms with van der Waals surface area (Å²) in [5, 5.41) is 0. The van der Waals surface area contributed by atoms with Crippen molar-refractivity contribution in [2.75, 3.05) is 13.2 Å². The lowest BCUT2D eigenvalue weighted by atomic mass is 10.0. The zero-order valence-electron chi connectivity index (χ0n) is 20.7. The number of nitrogens with zero attached hydrogens (tertiary/aromatic N) is 2. The van der Waals surface area contributed by atoms with Gasteiger partial charge >= 0.3 is 11.9 Å². The van der Waals surface area contributed by atoms with Gasteiger partial charge in [0.25, 0.3) is 0 Å². The molecule has 0 aliphatic carbocycles. The highest BCUT2D eigenvalue weighted by Gasteiger charge is 2.09. The summed E-state index contributed by atoms with van der Waals surface area (Å²) in [5.41, 5.74) is 0. The lowest BCUT2D eigenvalue weighted by Crippen LogP contribution is -2.24. The van der Waals surface area contributed by atoms with Crippen LogP contribution in [0.5, 0.6) is 0 Å². The molecule has 0 bridgehead atoms. The van der Waals surface area contributed by atoms with Gasteiger partial charge in [0.2, 0.25) is 6.33 Å². The van der Waals surface area contributed by atoms with Crippen LogP contribution in [0.4, 0.5) is 0 Å². The zero-order chi connectivity index (χ0) is 23.3. The molecule has 0 amide bonds.